The highest BCUT2D eigenvalue weighted by molar-refractivity contribution is 5.74. The minimum atomic E-state index is -1.30. The van der Waals surface area contributed by atoms with E-state index in [2.05, 4.69) is 27.1 Å². The number of hydrogen-bond donors (Lipinski definition) is 4. The van der Waals surface area contributed by atoms with Crippen LogP contribution in [-0.4, -0.2) is 72.8 Å². The lowest BCUT2D eigenvalue weighted by Gasteiger charge is -2.24. The van der Waals surface area contributed by atoms with Crippen molar-refractivity contribution in [2.45, 2.75) is 36.9 Å². The molecule has 2 fully saturated rings. The highest BCUT2D eigenvalue weighted by Gasteiger charge is 2.45. The van der Waals surface area contributed by atoms with Crippen LogP contribution in [0.4, 0.5) is 5.95 Å². The lowest BCUT2D eigenvalue weighted by Crippen LogP contribution is -2.34. The first-order chi connectivity index (χ1) is 14.6. The number of aromatic amines is 1. The Kier molecular flexibility index (Phi) is 4.78. The summed E-state index contributed by atoms with van der Waals surface area (Å²) >= 11 is 0. The van der Waals surface area contributed by atoms with Gasteiger partial charge in [0.15, 0.2) is 17.4 Å². The Morgan fingerprint density at radius 2 is 2.00 bits per heavy atom. The number of rotatable bonds is 4. The number of nitrogens with zero attached hydrogens (tertiary/aromatic N) is 4. The molecule has 0 aliphatic carbocycles. The number of imidazole rings is 1. The van der Waals surface area contributed by atoms with Crippen molar-refractivity contribution in [3.05, 3.63) is 52.6 Å². The predicted octanol–water partition coefficient (Wildman–Crippen LogP) is -0.275. The Morgan fingerprint density at radius 3 is 2.73 bits per heavy atom. The topological polar surface area (TPSA) is 137 Å². The molecule has 2 aliphatic rings. The number of aliphatic hydroxyl groups is 3. The maximum atomic E-state index is 12.3. The zero-order valence-electron chi connectivity index (χ0n) is 16.1. The number of nitrogens with one attached hydrogen (secondary N) is 1. The van der Waals surface area contributed by atoms with E-state index in [1.54, 1.807) is 4.57 Å². The van der Waals surface area contributed by atoms with Gasteiger partial charge in [-0.15, -0.1) is 0 Å². The van der Waals surface area contributed by atoms with Crippen molar-refractivity contribution in [1.82, 2.24) is 19.5 Å². The van der Waals surface area contributed by atoms with Gasteiger partial charge in [0.25, 0.3) is 5.56 Å². The van der Waals surface area contributed by atoms with Crippen molar-refractivity contribution >= 4 is 17.1 Å². The van der Waals surface area contributed by atoms with Gasteiger partial charge in [0.05, 0.1) is 12.9 Å². The number of anilines is 1. The van der Waals surface area contributed by atoms with Gasteiger partial charge in [-0.3, -0.25) is 9.36 Å². The fourth-order valence-electron chi connectivity index (χ4n) is 4.40. The molecule has 10 heteroatoms. The molecule has 10 nitrogen and oxygen atoms in total. The van der Waals surface area contributed by atoms with E-state index < -0.39 is 36.7 Å². The maximum absolute atomic E-state index is 12.3. The third kappa shape index (κ3) is 3.00. The molecule has 2 aromatic heterocycles. The van der Waals surface area contributed by atoms with E-state index in [4.69, 9.17) is 4.74 Å². The first-order valence-electron chi connectivity index (χ1n) is 9.96. The average Bonchev–Trinajstić information content (AvgIpc) is 3.46. The summed E-state index contributed by atoms with van der Waals surface area (Å²) in [5.41, 5.74) is 1.22. The molecule has 30 heavy (non-hydrogen) atoms. The Labute approximate surface area is 171 Å². The van der Waals surface area contributed by atoms with Crippen LogP contribution in [0, 0.1) is 0 Å². The molecule has 5 rings (SSSR count). The van der Waals surface area contributed by atoms with Crippen LogP contribution >= 0.6 is 0 Å². The van der Waals surface area contributed by atoms with Gasteiger partial charge in [-0.1, -0.05) is 30.3 Å². The molecule has 0 radical (unpaired) electrons. The van der Waals surface area contributed by atoms with Gasteiger partial charge >= 0.3 is 0 Å². The van der Waals surface area contributed by atoms with Crippen LogP contribution in [0.15, 0.2) is 41.5 Å². The van der Waals surface area contributed by atoms with E-state index in [1.807, 2.05) is 23.1 Å². The summed E-state index contributed by atoms with van der Waals surface area (Å²) in [6.07, 6.45) is -2.34. The quantitative estimate of drug-likeness (QED) is 0.459. The van der Waals surface area contributed by atoms with E-state index in [1.165, 1.54) is 11.9 Å². The van der Waals surface area contributed by atoms with Crippen molar-refractivity contribution in [1.29, 1.82) is 0 Å². The maximum Gasteiger partial charge on any atom is 0.278 e. The molecule has 0 spiro atoms. The molecule has 0 unspecified atom stereocenters. The summed E-state index contributed by atoms with van der Waals surface area (Å²) in [5.74, 6) is 0.748. The standard InChI is InChI=1S/C20H23N5O5/c26-9-13-15(27)16(28)19(30-13)25-17-14(18(29)22-10-21-17)23-20(25)24-7-6-12(8-24)11-4-2-1-3-5-11/h1-5,10,12-13,15-16,19,26-28H,6-9H2,(H,21,22,29)/t12-,13-,15-,16-,19-/m0/s1. The van der Waals surface area contributed by atoms with Crippen LogP contribution in [-0.2, 0) is 4.74 Å². The van der Waals surface area contributed by atoms with Crippen molar-refractivity contribution in [2.75, 3.05) is 24.6 Å². The number of aromatic nitrogens is 4. The molecule has 2 aliphatic heterocycles. The van der Waals surface area contributed by atoms with Gasteiger partial charge in [-0.05, 0) is 12.0 Å². The largest absolute Gasteiger partial charge is 0.394 e. The second-order valence-electron chi connectivity index (χ2n) is 7.76. The number of aliphatic hydroxyl groups excluding tert-OH is 3. The first-order valence-corrected chi connectivity index (χ1v) is 9.96. The smallest absolute Gasteiger partial charge is 0.278 e. The number of benzene rings is 1. The summed E-state index contributed by atoms with van der Waals surface area (Å²) in [6.45, 7) is 0.945. The van der Waals surface area contributed by atoms with Gasteiger partial charge in [-0.2, -0.15) is 0 Å². The molecule has 2 saturated heterocycles. The van der Waals surface area contributed by atoms with Crippen LogP contribution in [0.2, 0.25) is 0 Å². The summed E-state index contributed by atoms with van der Waals surface area (Å²) in [6, 6.07) is 10.2. The molecule has 0 saturated carbocycles. The Morgan fingerprint density at radius 1 is 1.20 bits per heavy atom. The van der Waals surface area contributed by atoms with Gasteiger partial charge in [-0.25, -0.2) is 9.97 Å². The third-order valence-electron chi connectivity index (χ3n) is 5.98. The lowest BCUT2D eigenvalue weighted by molar-refractivity contribution is -0.0504. The number of fused-ring (bicyclic) bond motifs is 1. The normalized spacial score (nSPS) is 29.2. The van der Waals surface area contributed by atoms with E-state index in [9.17, 15) is 20.1 Å². The number of ether oxygens (including phenoxy) is 1. The number of H-pyrrole nitrogens is 1. The van der Waals surface area contributed by atoms with E-state index in [-0.39, 0.29) is 11.2 Å². The van der Waals surface area contributed by atoms with E-state index in [0.717, 1.165) is 6.42 Å². The Balaban J connectivity index is 1.57. The van der Waals surface area contributed by atoms with Crippen molar-refractivity contribution in [2.24, 2.45) is 0 Å². The van der Waals surface area contributed by atoms with Crippen molar-refractivity contribution in [3.63, 3.8) is 0 Å². The van der Waals surface area contributed by atoms with Gasteiger partial charge < -0.3 is 29.9 Å². The van der Waals surface area contributed by atoms with Crippen molar-refractivity contribution in [3.8, 4) is 0 Å². The van der Waals surface area contributed by atoms with Gasteiger partial charge in [0, 0.05) is 19.0 Å². The lowest BCUT2D eigenvalue weighted by atomic mass is 9.99. The van der Waals surface area contributed by atoms with Crippen LogP contribution in [0.3, 0.4) is 0 Å². The van der Waals surface area contributed by atoms with E-state index in [0.29, 0.717) is 25.0 Å². The fraction of sp³-hybridized carbons (Fsp3) is 0.450. The van der Waals surface area contributed by atoms with Crippen LogP contribution < -0.4 is 10.5 Å². The molecule has 0 amide bonds. The molecule has 5 atom stereocenters. The van der Waals surface area contributed by atoms with Crippen LogP contribution in [0.1, 0.15) is 24.1 Å². The zero-order valence-corrected chi connectivity index (χ0v) is 16.1. The Hall–Kier alpha value is -2.79. The Bertz CT molecular complexity index is 1100. The molecule has 4 N–H and O–H groups in total. The second-order valence-corrected chi connectivity index (χ2v) is 7.76. The summed E-state index contributed by atoms with van der Waals surface area (Å²) in [4.78, 5) is 25.7. The minimum Gasteiger partial charge on any atom is -0.394 e. The zero-order chi connectivity index (χ0) is 20.8. The number of hydrogen-bond acceptors (Lipinski definition) is 8. The average molecular weight is 413 g/mol. The monoisotopic (exact) mass is 413 g/mol. The summed E-state index contributed by atoms with van der Waals surface area (Å²) < 4.78 is 7.29. The third-order valence-corrected chi connectivity index (χ3v) is 5.98. The molecule has 0 bridgehead atoms. The first kappa shape index (κ1) is 19.2. The highest BCUT2D eigenvalue weighted by Crippen LogP contribution is 2.37. The van der Waals surface area contributed by atoms with E-state index >= 15 is 0 Å². The second kappa shape index (κ2) is 7.47. The van der Waals surface area contributed by atoms with Gasteiger partial charge in [0.1, 0.15) is 18.3 Å². The van der Waals surface area contributed by atoms with Crippen LogP contribution in [0.25, 0.3) is 11.2 Å². The van der Waals surface area contributed by atoms with Gasteiger partial charge in [0.2, 0.25) is 5.95 Å². The molecule has 1 aromatic carbocycles. The molecule has 4 heterocycles. The summed E-state index contributed by atoms with van der Waals surface area (Å²) in [7, 11) is 0. The summed E-state index contributed by atoms with van der Waals surface area (Å²) in [5, 5.41) is 30.3. The molecule has 158 valence electrons. The van der Waals surface area contributed by atoms with Crippen molar-refractivity contribution < 1.29 is 20.1 Å². The predicted molar refractivity (Wildman–Crippen MR) is 107 cm³/mol. The minimum absolute atomic E-state index is 0.133. The SMILES string of the molecule is O=c1[nH]cnc2c1nc(N1CC[C@H](c3ccccc3)C1)n2[C@H]1O[C@@H](CO)[C@H](O)[C@@H]1O. The van der Waals surface area contributed by atoms with Crippen LogP contribution in [0.5, 0.6) is 0 Å². The molecule has 3 aromatic rings. The fourth-order valence-corrected chi connectivity index (χ4v) is 4.40. The molecular formula is C20H23N5O5. The highest BCUT2D eigenvalue weighted by atomic mass is 16.6. The molecular weight excluding hydrogens is 390 g/mol.